The van der Waals surface area contributed by atoms with Gasteiger partial charge in [0.1, 0.15) is 17.7 Å². The van der Waals surface area contributed by atoms with Crippen molar-refractivity contribution in [2.45, 2.75) is 26.1 Å². The van der Waals surface area contributed by atoms with E-state index in [9.17, 15) is 28.7 Å². The molecule has 0 saturated heterocycles. The van der Waals surface area contributed by atoms with Crippen LogP contribution in [0, 0.1) is 5.82 Å². The number of aromatic hydroxyl groups is 1. The molecule has 188 valence electrons. The van der Waals surface area contributed by atoms with E-state index in [0.29, 0.717) is 12.1 Å². The molecule has 35 heavy (non-hydrogen) atoms. The zero-order valence-electron chi connectivity index (χ0n) is 20.1. The Morgan fingerprint density at radius 2 is 1.83 bits per heavy atom. The van der Waals surface area contributed by atoms with Crippen molar-refractivity contribution in [2.24, 2.45) is 0 Å². The summed E-state index contributed by atoms with van der Waals surface area (Å²) in [5.74, 6) is -3.43. The van der Waals surface area contributed by atoms with Gasteiger partial charge >= 0.3 is 11.8 Å². The van der Waals surface area contributed by atoms with Gasteiger partial charge in [-0.15, -0.1) is 0 Å². The van der Waals surface area contributed by atoms with Crippen LogP contribution in [0.2, 0.25) is 0 Å². The highest BCUT2D eigenvalue weighted by molar-refractivity contribution is 6.34. The molecule has 2 aromatic rings. The highest BCUT2D eigenvalue weighted by atomic mass is 19.1. The first-order valence-corrected chi connectivity index (χ1v) is 11.1. The zero-order chi connectivity index (χ0) is 25.9. The number of likely N-dealkylation sites (N-methyl/N-ethyl adjacent to an activating group) is 3. The molecule has 1 aliphatic heterocycles. The van der Waals surface area contributed by atoms with Crippen molar-refractivity contribution in [1.29, 1.82) is 0 Å². The molecule has 2 heterocycles. The van der Waals surface area contributed by atoms with Crippen LogP contribution in [0.4, 0.5) is 4.39 Å². The number of hydrogen-bond acceptors (Lipinski definition) is 7. The smallest absolute Gasteiger partial charge is 0.312 e. The van der Waals surface area contributed by atoms with Gasteiger partial charge in [-0.3, -0.25) is 23.7 Å². The van der Waals surface area contributed by atoms with E-state index < -0.39 is 46.6 Å². The van der Waals surface area contributed by atoms with E-state index in [1.54, 1.807) is 14.0 Å². The van der Waals surface area contributed by atoms with Crippen LogP contribution in [0.25, 0.3) is 0 Å². The van der Waals surface area contributed by atoms with Gasteiger partial charge in [0.25, 0.3) is 11.5 Å². The lowest BCUT2D eigenvalue weighted by molar-refractivity contribution is -0.152. The van der Waals surface area contributed by atoms with Gasteiger partial charge in [-0.1, -0.05) is 12.1 Å². The Balaban J connectivity index is 2.01. The summed E-state index contributed by atoms with van der Waals surface area (Å²) in [5, 5.41) is 13.1. The summed E-state index contributed by atoms with van der Waals surface area (Å²) in [6, 6.07) is 4.66. The molecule has 3 rings (SSSR count). The molecule has 1 atom stereocenters. The molecule has 11 nitrogen and oxygen atoms in total. The topological polar surface area (TPSA) is 128 Å². The van der Waals surface area contributed by atoms with Crippen LogP contribution < -0.4 is 10.9 Å². The minimum atomic E-state index is -0.819. The molecule has 0 aliphatic carbocycles. The number of rotatable bonds is 5. The molecule has 0 radical (unpaired) electrons. The van der Waals surface area contributed by atoms with Crippen molar-refractivity contribution in [2.75, 3.05) is 40.8 Å². The summed E-state index contributed by atoms with van der Waals surface area (Å²) in [5.41, 5.74) is -0.694. The molecule has 2 N–H and O–H groups in total. The van der Waals surface area contributed by atoms with Crippen LogP contribution in [-0.2, 0) is 22.7 Å². The van der Waals surface area contributed by atoms with Gasteiger partial charge in [0, 0.05) is 46.8 Å². The van der Waals surface area contributed by atoms with E-state index in [1.165, 1.54) is 47.8 Å². The van der Waals surface area contributed by atoms with Gasteiger partial charge in [-0.2, -0.15) is 0 Å². The quantitative estimate of drug-likeness (QED) is 0.565. The minimum absolute atomic E-state index is 0.0156. The third-order valence-corrected chi connectivity index (χ3v) is 5.81. The number of halogens is 1. The van der Waals surface area contributed by atoms with Crippen molar-refractivity contribution in [3.05, 3.63) is 57.5 Å². The van der Waals surface area contributed by atoms with Crippen molar-refractivity contribution < 1.29 is 23.9 Å². The Bertz CT molecular complexity index is 1180. The Hall–Kier alpha value is -3.80. The van der Waals surface area contributed by atoms with Crippen molar-refractivity contribution in [3.8, 4) is 5.75 Å². The summed E-state index contributed by atoms with van der Waals surface area (Å²) >= 11 is 0. The number of carbonyl (C=O) groups is 3. The Morgan fingerprint density at radius 1 is 1.17 bits per heavy atom. The maximum Gasteiger partial charge on any atom is 0.312 e. The van der Waals surface area contributed by atoms with Crippen LogP contribution >= 0.6 is 0 Å². The fraction of sp³-hybridized carbons (Fsp3) is 0.435. The molecular formula is C23H29FN6O5. The van der Waals surface area contributed by atoms with Crippen molar-refractivity contribution >= 4 is 17.7 Å². The summed E-state index contributed by atoms with van der Waals surface area (Å²) in [7, 11) is 4.73. The number of nitrogens with one attached hydrogen (secondary N) is 1. The highest BCUT2D eigenvalue weighted by Gasteiger charge is 2.36. The fourth-order valence-electron chi connectivity index (χ4n) is 3.85. The lowest BCUT2D eigenvalue weighted by atomic mass is 10.1. The van der Waals surface area contributed by atoms with Crippen LogP contribution in [0.3, 0.4) is 0 Å². The van der Waals surface area contributed by atoms with Gasteiger partial charge < -0.3 is 25.1 Å². The Kier molecular flexibility index (Phi) is 7.85. The molecule has 0 bridgehead atoms. The summed E-state index contributed by atoms with van der Waals surface area (Å²) in [6.45, 7) is 2.72. The molecule has 12 heteroatoms. The third-order valence-electron chi connectivity index (χ3n) is 5.81. The van der Waals surface area contributed by atoms with E-state index in [4.69, 9.17) is 0 Å². The van der Waals surface area contributed by atoms with E-state index in [0.717, 1.165) is 4.90 Å². The third kappa shape index (κ3) is 5.48. The van der Waals surface area contributed by atoms with Gasteiger partial charge in [0.2, 0.25) is 5.75 Å². The maximum absolute atomic E-state index is 13.1. The standard InChI is InChI=1S/C23H29FN6O5/c1-5-29(23(35)22(34)27(2)3)16-13-28(4)10-11-30-19(16)26-17(18(31)21(30)33)20(32)25-12-14-6-8-15(24)9-7-14/h6-9,16,31H,5,10-13H2,1-4H3,(H,25,32). The molecule has 0 saturated carbocycles. The Labute approximate surface area is 201 Å². The highest BCUT2D eigenvalue weighted by Crippen LogP contribution is 2.25. The maximum atomic E-state index is 13.1. The molecule has 0 spiro atoms. The van der Waals surface area contributed by atoms with Crippen molar-refractivity contribution in [1.82, 2.24) is 29.6 Å². The van der Waals surface area contributed by atoms with Crippen molar-refractivity contribution in [3.63, 3.8) is 0 Å². The van der Waals surface area contributed by atoms with Gasteiger partial charge in [0.15, 0.2) is 5.69 Å². The number of benzene rings is 1. The second-order valence-corrected chi connectivity index (χ2v) is 8.50. The van der Waals surface area contributed by atoms with Crippen LogP contribution in [-0.4, -0.2) is 87.9 Å². The second kappa shape index (κ2) is 10.6. The van der Waals surface area contributed by atoms with Gasteiger partial charge in [-0.05, 0) is 31.7 Å². The Morgan fingerprint density at radius 3 is 2.43 bits per heavy atom. The van der Waals surface area contributed by atoms with Crippen LogP contribution in [0.15, 0.2) is 29.1 Å². The molecule has 1 aliphatic rings. The van der Waals surface area contributed by atoms with Crippen LogP contribution in [0.5, 0.6) is 5.75 Å². The summed E-state index contributed by atoms with van der Waals surface area (Å²) in [4.78, 5) is 59.9. The van der Waals surface area contributed by atoms with Crippen LogP contribution in [0.1, 0.15) is 34.8 Å². The molecule has 1 unspecified atom stereocenters. The lowest BCUT2D eigenvalue weighted by Gasteiger charge is -2.32. The first-order chi connectivity index (χ1) is 16.5. The SMILES string of the molecule is CCN(C(=O)C(=O)N(C)C)C1CN(C)CCn2c1nc(C(=O)NCc1ccc(F)cc1)c(O)c2=O. The molecule has 1 aromatic carbocycles. The lowest BCUT2D eigenvalue weighted by Crippen LogP contribution is -2.47. The average Bonchev–Trinajstić information content (AvgIpc) is 2.99. The largest absolute Gasteiger partial charge is 0.501 e. The summed E-state index contributed by atoms with van der Waals surface area (Å²) < 4.78 is 14.4. The first-order valence-electron chi connectivity index (χ1n) is 11.1. The van der Waals surface area contributed by atoms with E-state index in [1.807, 2.05) is 4.90 Å². The normalized spacial score (nSPS) is 15.6. The molecule has 3 amide bonds. The predicted octanol–water partition coefficient (Wildman–Crippen LogP) is -0.0588. The first kappa shape index (κ1) is 25.8. The summed E-state index contributed by atoms with van der Waals surface area (Å²) in [6.07, 6.45) is 0. The van der Waals surface area contributed by atoms with Gasteiger partial charge in [-0.25, -0.2) is 9.37 Å². The zero-order valence-corrected chi connectivity index (χ0v) is 20.1. The molecule has 0 fully saturated rings. The van der Waals surface area contributed by atoms with E-state index >= 15 is 0 Å². The number of aromatic nitrogens is 2. The van der Waals surface area contributed by atoms with Gasteiger partial charge in [0.05, 0.1) is 0 Å². The molecular weight excluding hydrogens is 459 g/mol. The number of nitrogens with zero attached hydrogens (tertiary/aromatic N) is 5. The number of fused-ring (bicyclic) bond motifs is 1. The number of carbonyl (C=O) groups excluding carboxylic acids is 3. The monoisotopic (exact) mass is 488 g/mol. The predicted molar refractivity (Wildman–Crippen MR) is 124 cm³/mol. The second-order valence-electron chi connectivity index (χ2n) is 8.50. The van der Waals surface area contributed by atoms with E-state index in [-0.39, 0.29) is 32.0 Å². The number of hydrogen-bond donors (Lipinski definition) is 2. The molecule has 1 aromatic heterocycles. The van der Waals surface area contributed by atoms with E-state index in [2.05, 4.69) is 10.3 Å². The minimum Gasteiger partial charge on any atom is -0.501 e. The average molecular weight is 489 g/mol. The fourth-order valence-corrected chi connectivity index (χ4v) is 3.85. The number of amides is 3.